The Balaban J connectivity index is 1.62. The quantitative estimate of drug-likeness (QED) is 0.864. The van der Waals surface area contributed by atoms with Gasteiger partial charge in [0.25, 0.3) is 5.91 Å². The predicted molar refractivity (Wildman–Crippen MR) is 90.7 cm³/mol. The normalized spacial score (nSPS) is 15.3. The summed E-state index contributed by atoms with van der Waals surface area (Å²) in [5.74, 6) is 0.00161. The van der Waals surface area contributed by atoms with E-state index in [4.69, 9.17) is 0 Å². The maximum absolute atomic E-state index is 13.3. The van der Waals surface area contributed by atoms with E-state index in [0.717, 1.165) is 18.2 Å². The SMILES string of the molecule is CC(C)c1cnc(N2CCN(C(=O)c3cccc(F)c3)CC2)s1. The van der Waals surface area contributed by atoms with E-state index < -0.39 is 0 Å². The molecule has 1 amide bonds. The van der Waals surface area contributed by atoms with Crippen molar-refractivity contribution in [1.82, 2.24) is 9.88 Å². The van der Waals surface area contributed by atoms with Crippen molar-refractivity contribution in [2.75, 3.05) is 31.1 Å². The van der Waals surface area contributed by atoms with Crippen molar-refractivity contribution in [2.24, 2.45) is 0 Å². The molecule has 6 heteroatoms. The van der Waals surface area contributed by atoms with E-state index in [1.807, 2.05) is 6.20 Å². The second-order valence-electron chi connectivity index (χ2n) is 5.99. The Kier molecular flexibility index (Phi) is 4.61. The van der Waals surface area contributed by atoms with Gasteiger partial charge in [-0.25, -0.2) is 9.37 Å². The molecule has 1 aliphatic rings. The lowest BCUT2D eigenvalue weighted by atomic mass is 10.2. The number of halogens is 1. The van der Waals surface area contributed by atoms with E-state index in [-0.39, 0.29) is 11.7 Å². The Bertz CT molecular complexity index is 693. The van der Waals surface area contributed by atoms with Crippen molar-refractivity contribution < 1.29 is 9.18 Å². The van der Waals surface area contributed by atoms with Crippen molar-refractivity contribution in [1.29, 1.82) is 0 Å². The monoisotopic (exact) mass is 333 g/mol. The number of anilines is 1. The van der Waals surface area contributed by atoms with E-state index in [1.54, 1.807) is 28.4 Å². The highest BCUT2D eigenvalue weighted by Crippen LogP contribution is 2.28. The van der Waals surface area contributed by atoms with Crippen molar-refractivity contribution >= 4 is 22.4 Å². The zero-order valence-corrected chi connectivity index (χ0v) is 14.1. The van der Waals surface area contributed by atoms with Crippen LogP contribution in [0.2, 0.25) is 0 Å². The molecule has 23 heavy (non-hydrogen) atoms. The largest absolute Gasteiger partial charge is 0.345 e. The fourth-order valence-electron chi connectivity index (χ4n) is 2.59. The lowest BCUT2D eigenvalue weighted by Crippen LogP contribution is -2.48. The van der Waals surface area contributed by atoms with E-state index in [0.29, 0.717) is 24.6 Å². The van der Waals surface area contributed by atoms with Crippen LogP contribution >= 0.6 is 11.3 Å². The van der Waals surface area contributed by atoms with Crippen LogP contribution in [-0.2, 0) is 0 Å². The van der Waals surface area contributed by atoms with Crippen LogP contribution in [0, 0.1) is 5.82 Å². The Morgan fingerprint density at radius 3 is 2.61 bits per heavy atom. The van der Waals surface area contributed by atoms with E-state index >= 15 is 0 Å². The van der Waals surface area contributed by atoms with Crippen LogP contribution in [0.25, 0.3) is 0 Å². The second-order valence-corrected chi connectivity index (χ2v) is 7.03. The van der Waals surface area contributed by atoms with Gasteiger partial charge < -0.3 is 9.80 Å². The van der Waals surface area contributed by atoms with Gasteiger partial charge >= 0.3 is 0 Å². The van der Waals surface area contributed by atoms with E-state index in [1.165, 1.54) is 17.0 Å². The fourth-order valence-corrected chi connectivity index (χ4v) is 3.56. The molecule has 2 heterocycles. The van der Waals surface area contributed by atoms with Gasteiger partial charge in [-0.1, -0.05) is 19.9 Å². The van der Waals surface area contributed by atoms with Gasteiger partial charge in [-0.15, -0.1) is 11.3 Å². The summed E-state index contributed by atoms with van der Waals surface area (Å²) in [5, 5.41) is 1.02. The summed E-state index contributed by atoms with van der Waals surface area (Å²) >= 11 is 1.72. The number of hydrogen-bond donors (Lipinski definition) is 0. The van der Waals surface area contributed by atoms with E-state index in [9.17, 15) is 9.18 Å². The Hall–Kier alpha value is -1.95. The Labute approximate surface area is 139 Å². The summed E-state index contributed by atoms with van der Waals surface area (Å²) in [6.45, 7) is 7.09. The lowest BCUT2D eigenvalue weighted by Gasteiger charge is -2.34. The molecule has 1 fully saturated rings. The smallest absolute Gasteiger partial charge is 0.254 e. The first-order valence-electron chi connectivity index (χ1n) is 7.80. The molecular weight excluding hydrogens is 313 g/mol. The van der Waals surface area contributed by atoms with Crippen LogP contribution < -0.4 is 4.90 Å². The fraction of sp³-hybridized carbons (Fsp3) is 0.412. The average molecular weight is 333 g/mol. The van der Waals surface area contributed by atoms with Gasteiger partial charge in [0.1, 0.15) is 5.82 Å². The molecule has 2 aromatic rings. The third-order valence-electron chi connectivity index (χ3n) is 3.99. The summed E-state index contributed by atoms with van der Waals surface area (Å²) in [6.07, 6.45) is 1.94. The molecule has 1 aromatic heterocycles. The number of carbonyl (C=O) groups is 1. The van der Waals surface area contributed by atoms with Crippen LogP contribution in [0.1, 0.15) is 35.0 Å². The first kappa shape index (κ1) is 15.9. The second kappa shape index (κ2) is 6.66. The van der Waals surface area contributed by atoms with Crippen molar-refractivity contribution in [3.63, 3.8) is 0 Å². The molecule has 1 aromatic carbocycles. The molecule has 0 spiro atoms. The number of carbonyl (C=O) groups excluding carboxylic acids is 1. The first-order valence-corrected chi connectivity index (χ1v) is 8.62. The molecule has 0 atom stereocenters. The van der Waals surface area contributed by atoms with Crippen LogP contribution in [-0.4, -0.2) is 42.0 Å². The third kappa shape index (κ3) is 3.52. The number of nitrogens with zero attached hydrogens (tertiary/aromatic N) is 3. The van der Waals surface area contributed by atoms with Crippen LogP contribution in [0.5, 0.6) is 0 Å². The molecule has 0 aliphatic carbocycles. The maximum Gasteiger partial charge on any atom is 0.254 e. The van der Waals surface area contributed by atoms with Crippen LogP contribution in [0.3, 0.4) is 0 Å². The zero-order chi connectivity index (χ0) is 16.4. The van der Waals surface area contributed by atoms with Crippen molar-refractivity contribution in [3.05, 3.63) is 46.7 Å². The Morgan fingerprint density at radius 2 is 2.00 bits per heavy atom. The molecule has 122 valence electrons. The molecule has 0 bridgehead atoms. The van der Waals surface area contributed by atoms with Gasteiger partial charge in [0.2, 0.25) is 0 Å². The van der Waals surface area contributed by atoms with Crippen LogP contribution in [0.4, 0.5) is 9.52 Å². The van der Waals surface area contributed by atoms with Gasteiger partial charge in [0, 0.05) is 42.8 Å². The van der Waals surface area contributed by atoms with Gasteiger partial charge in [-0.2, -0.15) is 0 Å². The number of hydrogen-bond acceptors (Lipinski definition) is 4. The van der Waals surface area contributed by atoms with Crippen molar-refractivity contribution in [2.45, 2.75) is 19.8 Å². The molecule has 3 rings (SSSR count). The molecule has 0 saturated carbocycles. The average Bonchev–Trinajstić information content (AvgIpc) is 3.04. The summed E-state index contributed by atoms with van der Waals surface area (Å²) in [4.78, 5) is 22.2. The third-order valence-corrected chi connectivity index (χ3v) is 5.35. The maximum atomic E-state index is 13.3. The highest BCUT2D eigenvalue weighted by molar-refractivity contribution is 7.15. The molecular formula is C17H20FN3OS. The van der Waals surface area contributed by atoms with Crippen LogP contribution in [0.15, 0.2) is 30.5 Å². The highest BCUT2D eigenvalue weighted by Gasteiger charge is 2.24. The molecule has 0 radical (unpaired) electrons. The summed E-state index contributed by atoms with van der Waals surface area (Å²) in [5.41, 5.74) is 0.412. The van der Waals surface area contributed by atoms with Crippen molar-refractivity contribution in [3.8, 4) is 0 Å². The number of aromatic nitrogens is 1. The molecule has 1 aliphatic heterocycles. The standard InChI is InChI=1S/C17H20FN3OS/c1-12(2)15-11-19-17(23-15)21-8-6-20(7-9-21)16(22)13-4-3-5-14(18)10-13/h3-5,10-12H,6-9H2,1-2H3. The van der Waals surface area contributed by atoms with Gasteiger partial charge in [-0.3, -0.25) is 4.79 Å². The van der Waals surface area contributed by atoms with Gasteiger partial charge in [0.05, 0.1) is 0 Å². The van der Waals surface area contributed by atoms with Gasteiger partial charge in [-0.05, 0) is 24.1 Å². The van der Waals surface area contributed by atoms with E-state index in [2.05, 4.69) is 23.7 Å². The first-order chi connectivity index (χ1) is 11.0. The highest BCUT2D eigenvalue weighted by atomic mass is 32.1. The minimum Gasteiger partial charge on any atom is -0.345 e. The minimum absolute atomic E-state index is 0.105. The summed E-state index contributed by atoms with van der Waals surface area (Å²) < 4.78 is 13.3. The molecule has 1 saturated heterocycles. The summed E-state index contributed by atoms with van der Waals surface area (Å²) in [7, 11) is 0. The summed E-state index contributed by atoms with van der Waals surface area (Å²) in [6, 6.07) is 5.88. The van der Waals surface area contributed by atoms with Gasteiger partial charge in [0.15, 0.2) is 5.13 Å². The zero-order valence-electron chi connectivity index (χ0n) is 13.3. The lowest BCUT2D eigenvalue weighted by molar-refractivity contribution is 0.0746. The number of piperazine rings is 1. The predicted octanol–water partition coefficient (Wildman–Crippen LogP) is 3.37. The molecule has 0 N–H and O–H groups in total. The number of benzene rings is 1. The minimum atomic E-state index is -0.376. The number of amides is 1. The number of rotatable bonds is 3. The number of thiazole rings is 1. The molecule has 4 nitrogen and oxygen atoms in total. The Morgan fingerprint density at radius 1 is 1.26 bits per heavy atom. The topological polar surface area (TPSA) is 36.4 Å². The molecule has 0 unspecified atom stereocenters.